The van der Waals surface area contributed by atoms with Gasteiger partial charge in [-0.25, -0.2) is 0 Å². The van der Waals surface area contributed by atoms with Crippen LogP contribution in [0.25, 0.3) is 0 Å². The van der Waals surface area contributed by atoms with Crippen LogP contribution in [-0.4, -0.2) is 37.1 Å². The van der Waals surface area contributed by atoms with Gasteiger partial charge in [0.15, 0.2) is 0 Å². The summed E-state index contributed by atoms with van der Waals surface area (Å²) in [4.78, 5) is 2.75. The van der Waals surface area contributed by atoms with Crippen LogP contribution < -0.4 is 5.32 Å². The fraction of sp³-hybridized carbons (Fsp3) is 1.00. The Labute approximate surface area is 108 Å². The van der Waals surface area contributed by atoms with Crippen molar-refractivity contribution in [1.29, 1.82) is 0 Å². The van der Waals surface area contributed by atoms with Crippen molar-refractivity contribution in [3.63, 3.8) is 0 Å². The van der Waals surface area contributed by atoms with Crippen LogP contribution in [0.4, 0.5) is 0 Å². The summed E-state index contributed by atoms with van der Waals surface area (Å²) in [5, 5.41) is 3.43. The molecular weight excluding hydrogens is 208 g/mol. The van der Waals surface area contributed by atoms with Gasteiger partial charge in [-0.3, -0.25) is 4.90 Å². The molecule has 1 aliphatic rings. The second kappa shape index (κ2) is 7.38. The zero-order valence-electron chi connectivity index (χ0n) is 12.5. The number of hydrogen-bond donors (Lipinski definition) is 1. The van der Waals surface area contributed by atoms with Crippen molar-refractivity contribution in [1.82, 2.24) is 10.2 Å². The van der Waals surface area contributed by atoms with Crippen molar-refractivity contribution >= 4 is 0 Å². The smallest absolute Gasteiger partial charge is 0.00966 e. The largest absolute Gasteiger partial charge is 0.317 e. The van der Waals surface area contributed by atoms with Gasteiger partial charge in [0.25, 0.3) is 0 Å². The van der Waals surface area contributed by atoms with Gasteiger partial charge in [-0.15, -0.1) is 0 Å². The van der Waals surface area contributed by atoms with Gasteiger partial charge >= 0.3 is 0 Å². The Morgan fingerprint density at radius 1 is 0.941 bits per heavy atom. The fourth-order valence-corrected chi connectivity index (χ4v) is 3.04. The first kappa shape index (κ1) is 15.0. The van der Waals surface area contributed by atoms with E-state index in [1.807, 2.05) is 0 Å². The molecule has 0 aromatic carbocycles. The van der Waals surface area contributed by atoms with Crippen molar-refractivity contribution in [2.75, 3.05) is 20.1 Å². The maximum atomic E-state index is 3.43. The topological polar surface area (TPSA) is 15.3 Å². The molecule has 0 aromatic heterocycles. The van der Waals surface area contributed by atoms with Gasteiger partial charge in [0.1, 0.15) is 0 Å². The monoisotopic (exact) mass is 240 g/mol. The third-order valence-corrected chi connectivity index (χ3v) is 3.82. The lowest BCUT2D eigenvalue weighted by atomic mass is 9.89. The average molecular weight is 240 g/mol. The molecule has 0 radical (unpaired) electrons. The predicted molar refractivity (Wildman–Crippen MR) is 76.4 cm³/mol. The predicted octanol–water partition coefficient (Wildman–Crippen LogP) is 3.13. The molecule has 1 N–H and O–H groups in total. The SMILES string of the molecule is CNC1CCC(N(CC(C)C)CC(C)C)CC1. The number of nitrogens with one attached hydrogen (secondary N) is 1. The van der Waals surface area contributed by atoms with Gasteiger partial charge in [0.2, 0.25) is 0 Å². The third-order valence-electron chi connectivity index (χ3n) is 3.82. The van der Waals surface area contributed by atoms with E-state index in [9.17, 15) is 0 Å². The molecular formula is C15H32N2. The van der Waals surface area contributed by atoms with Crippen molar-refractivity contribution in [3.8, 4) is 0 Å². The summed E-state index contributed by atoms with van der Waals surface area (Å²) in [5.74, 6) is 1.58. The molecule has 1 fully saturated rings. The molecule has 0 atom stereocenters. The average Bonchev–Trinajstić information content (AvgIpc) is 2.27. The van der Waals surface area contributed by atoms with Crippen LogP contribution in [0.5, 0.6) is 0 Å². The Morgan fingerprint density at radius 3 is 1.76 bits per heavy atom. The Kier molecular flexibility index (Phi) is 6.50. The van der Waals surface area contributed by atoms with E-state index in [1.165, 1.54) is 38.8 Å². The van der Waals surface area contributed by atoms with Crippen molar-refractivity contribution in [2.24, 2.45) is 11.8 Å². The van der Waals surface area contributed by atoms with E-state index in [1.54, 1.807) is 0 Å². The molecule has 0 heterocycles. The van der Waals surface area contributed by atoms with Crippen LogP contribution in [0.3, 0.4) is 0 Å². The van der Waals surface area contributed by atoms with E-state index in [-0.39, 0.29) is 0 Å². The molecule has 0 spiro atoms. The first-order valence-corrected chi connectivity index (χ1v) is 7.44. The van der Waals surface area contributed by atoms with Crippen LogP contribution in [0.1, 0.15) is 53.4 Å². The van der Waals surface area contributed by atoms with Crippen LogP contribution >= 0.6 is 0 Å². The van der Waals surface area contributed by atoms with E-state index in [4.69, 9.17) is 0 Å². The van der Waals surface area contributed by atoms with Gasteiger partial charge in [-0.1, -0.05) is 27.7 Å². The molecule has 102 valence electrons. The Bertz CT molecular complexity index is 183. The van der Waals surface area contributed by atoms with E-state index in [2.05, 4.69) is 45.0 Å². The van der Waals surface area contributed by atoms with E-state index >= 15 is 0 Å². The highest BCUT2D eigenvalue weighted by Gasteiger charge is 2.25. The first-order valence-electron chi connectivity index (χ1n) is 7.44. The molecule has 0 aliphatic heterocycles. The standard InChI is InChI=1S/C15H32N2/c1-12(2)10-17(11-13(3)4)15-8-6-14(16-5)7-9-15/h12-16H,6-11H2,1-5H3. The molecule has 1 saturated carbocycles. The molecule has 2 nitrogen and oxygen atoms in total. The molecule has 1 aliphatic carbocycles. The highest BCUT2D eigenvalue weighted by Crippen LogP contribution is 2.24. The summed E-state index contributed by atoms with van der Waals surface area (Å²) < 4.78 is 0. The van der Waals surface area contributed by atoms with Gasteiger partial charge in [0.05, 0.1) is 0 Å². The highest BCUT2D eigenvalue weighted by atomic mass is 15.2. The van der Waals surface area contributed by atoms with Crippen molar-refractivity contribution in [3.05, 3.63) is 0 Å². The molecule has 2 heteroatoms. The first-order chi connectivity index (χ1) is 8.02. The molecule has 0 amide bonds. The fourth-order valence-electron chi connectivity index (χ4n) is 3.04. The van der Waals surface area contributed by atoms with Crippen LogP contribution in [0.2, 0.25) is 0 Å². The van der Waals surface area contributed by atoms with Crippen LogP contribution in [0, 0.1) is 11.8 Å². The van der Waals surface area contributed by atoms with Crippen molar-refractivity contribution < 1.29 is 0 Å². The molecule has 0 saturated heterocycles. The lowest BCUT2D eigenvalue weighted by molar-refractivity contribution is 0.117. The van der Waals surface area contributed by atoms with Gasteiger partial charge in [-0.2, -0.15) is 0 Å². The summed E-state index contributed by atoms with van der Waals surface area (Å²) in [6.07, 6.45) is 5.47. The minimum absolute atomic E-state index is 0.770. The van der Waals surface area contributed by atoms with Gasteiger partial charge in [0, 0.05) is 25.2 Å². The molecule has 0 aromatic rings. The van der Waals surface area contributed by atoms with E-state index < -0.39 is 0 Å². The molecule has 0 bridgehead atoms. The van der Waals surface area contributed by atoms with Crippen molar-refractivity contribution in [2.45, 2.75) is 65.5 Å². The molecule has 1 rings (SSSR count). The summed E-state index contributed by atoms with van der Waals surface area (Å²) in [7, 11) is 2.10. The maximum Gasteiger partial charge on any atom is 0.00966 e. The molecule has 0 unspecified atom stereocenters. The third kappa shape index (κ3) is 5.39. The maximum absolute atomic E-state index is 3.43. The second-order valence-corrected chi connectivity index (χ2v) is 6.54. The summed E-state index contributed by atoms with van der Waals surface area (Å²) in [5.41, 5.74) is 0. The zero-order chi connectivity index (χ0) is 12.8. The second-order valence-electron chi connectivity index (χ2n) is 6.54. The minimum Gasteiger partial charge on any atom is -0.317 e. The number of nitrogens with zero attached hydrogens (tertiary/aromatic N) is 1. The zero-order valence-corrected chi connectivity index (χ0v) is 12.5. The van der Waals surface area contributed by atoms with Gasteiger partial charge < -0.3 is 5.32 Å². The Hall–Kier alpha value is -0.0800. The Balaban J connectivity index is 2.46. The number of rotatable bonds is 6. The van der Waals surface area contributed by atoms with Crippen LogP contribution in [0.15, 0.2) is 0 Å². The lowest BCUT2D eigenvalue weighted by Gasteiger charge is -2.38. The van der Waals surface area contributed by atoms with Crippen LogP contribution in [-0.2, 0) is 0 Å². The minimum atomic E-state index is 0.770. The van der Waals surface area contributed by atoms with E-state index in [0.717, 1.165) is 23.9 Å². The quantitative estimate of drug-likeness (QED) is 0.767. The highest BCUT2D eigenvalue weighted by molar-refractivity contribution is 4.83. The number of hydrogen-bond acceptors (Lipinski definition) is 2. The van der Waals surface area contributed by atoms with E-state index in [0.29, 0.717) is 0 Å². The summed E-state index contributed by atoms with van der Waals surface area (Å²) in [6, 6.07) is 1.61. The lowest BCUT2D eigenvalue weighted by Crippen LogP contribution is -2.44. The van der Waals surface area contributed by atoms with Gasteiger partial charge in [-0.05, 0) is 44.6 Å². The summed E-state index contributed by atoms with van der Waals surface area (Å²) in [6.45, 7) is 11.9. The molecule has 17 heavy (non-hydrogen) atoms. The normalized spacial score (nSPS) is 26.1. The Morgan fingerprint density at radius 2 is 1.41 bits per heavy atom. The summed E-state index contributed by atoms with van der Waals surface area (Å²) >= 11 is 0.